The van der Waals surface area contributed by atoms with Gasteiger partial charge in [0.1, 0.15) is 0 Å². The summed E-state index contributed by atoms with van der Waals surface area (Å²) in [7, 11) is 1.60. The molecule has 5 nitrogen and oxygen atoms in total. The number of methoxy groups -OCH3 is 1. The van der Waals surface area contributed by atoms with Crippen molar-refractivity contribution in [2.45, 2.75) is 26.3 Å². The molecule has 0 spiro atoms. The van der Waals surface area contributed by atoms with E-state index < -0.39 is 11.7 Å². The lowest BCUT2D eigenvalue weighted by atomic mass is 10.2. The minimum atomic E-state index is -0.624. The summed E-state index contributed by atoms with van der Waals surface area (Å²) < 4.78 is 18.9. The van der Waals surface area contributed by atoms with Crippen molar-refractivity contribution in [2.24, 2.45) is 0 Å². The maximum atomic E-state index is 14.0. The summed E-state index contributed by atoms with van der Waals surface area (Å²) in [5.74, 6) is -0.969. The summed E-state index contributed by atoms with van der Waals surface area (Å²) in [4.78, 5) is 15.8. The lowest BCUT2D eigenvalue weighted by Gasteiger charge is -2.14. The molecule has 2 N–H and O–H groups in total. The van der Waals surface area contributed by atoms with Crippen LogP contribution >= 0.6 is 0 Å². The highest BCUT2D eigenvalue weighted by molar-refractivity contribution is 5.95. The molecule has 0 bridgehead atoms. The molecule has 6 heteroatoms. The molecule has 0 saturated heterocycles. The van der Waals surface area contributed by atoms with Gasteiger partial charge in [-0.2, -0.15) is 0 Å². The molecular weight excluding hydrogens is 249 g/mol. The van der Waals surface area contributed by atoms with Crippen molar-refractivity contribution in [1.29, 1.82) is 0 Å². The highest BCUT2D eigenvalue weighted by atomic mass is 19.1. The number of ether oxygens (including phenoxy) is 1. The van der Waals surface area contributed by atoms with Gasteiger partial charge in [-0.15, -0.1) is 0 Å². The lowest BCUT2D eigenvalue weighted by molar-refractivity contribution is 0.0925. The van der Waals surface area contributed by atoms with E-state index >= 15 is 0 Å². The molecule has 0 aliphatic rings. The van der Waals surface area contributed by atoms with Crippen molar-refractivity contribution in [2.75, 3.05) is 25.6 Å². The number of nitrogens with zero attached hydrogens (tertiary/aromatic N) is 1. The van der Waals surface area contributed by atoms with E-state index in [2.05, 4.69) is 15.6 Å². The third-order valence-corrected chi connectivity index (χ3v) is 2.61. The van der Waals surface area contributed by atoms with Gasteiger partial charge in [-0.1, -0.05) is 0 Å². The van der Waals surface area contributed by atoms with Crippen LogP contribution < -0.4 is 10.6 Å². The van der Waals surface area contributed by atoms with E-state index in [1.54, 1.807) is 7.11 Å². The number of hydrogen-bond acceptors (Lipinski definition) is 4. The molecule has 1 aromatic heterocycles. The second-order valence-corrected chi connectivity index (χ2v) is 4.21. The summed E-state index contributed by atoms with van der Waals surface area (Å²) in [6, 6.07) is 1.29. The number of hydrogen-bond donors (Lipinski definition) is 2. The first kappa shape index (κ1) is 15.4. The number of nitrogens with one attached hydrogen (secondary N) is 2. The third-order valence-electron chi connectivity index (χ3n) is 2.61. The predicted molar refractivity (Wildman–Crippen MR) is 71.8 cm³/mol. The molecule has 19 heavy (non-hydrogen) atoms. The number of carbonyl (C=O) groups is 1. The van der Waals surface area contributed by atoms with Crippen molar-refractivity contribution in [3.8, 4) is 0 Å². The monoisotopic (exact) mass is 269 g/mol. The molecule has 0 fully saturated rings. The van der Waals surface area contributed by atoms with Gasteiger partial charge in [0.05, 0.1) is 5.56 Å². The van der Waals surface area contributed by atoms with Gasteiger partial charge in [-0.3, -0.25) is 4.79 Å². The van der Waals surface area contributed by atoms with E-state index in [-0.39, 0.29) is 17.4 Å². The Hall–Kier alpha value is -1.69. The highest BCUT2D eigenvalue weighted by Gasteiger charge is 2.17. The Morgan fingerprint density at radius 2 is 2.32 bits per heavy atom. The molecule has 0 aliphatic carbocycles. The van der Waals surface area contributed by atoms with Gasteiger partial charge in [0.25, 0.3) is 5.91 Å². The Balaban J connectivity index is 2.74. The van der Waals surface area contributed by atoms with E-state index in [0.717, 1.165) is 0 Å². The molecule has 0 radical (unpaired) electrons. The van der Waals surface area contributed by atoms with E-state index in [9.17, 15) is 9.18 Å². The molecule has 1 atom stereocenters. The standard InChI is InChI=1S/C13H20FN3O2/c1-4-15-12-11(14)10(5-7-16-12)13(18)17-9(2)6-8-19-3/h5,7,9H,4,6,8H2,1-3H3,(H,15,16)(H,17,18). The Kier molecular flexibility index (Phi) is 6.21. The zero-order chi connectivity index (χ0) is 14.3. The van der Waals surface area contributed by atoms with Crippen LogP contribution in [0.5, 0.6) is 0 Å². The van der Waals surface area contributed by atoms with E-state index in [0.29, 0.717) is 19.6 Å². The zero-order valence-electron chi connectivity index (χ0n) is 11.5. The Morgan fingerprint density at radius 1 is 1.58 bits per heavy atom. The van der Waals surface area contributed by atoms with Crippen LogP contribution in [0.2, 0.25) is 0 Å². The maximum Gasteiger partial charge on any atom is 0.254 e. The van der Waals surface area contributed by atoms with Crippen LogP contribution in [0.3, 0.4) is 0 Å². The SMILES string of the molecule is CCNc1nccc(C(=O)NC(C)CCOC)c1F. The van der Waals surface area contributed by atoms with Crippen LogP contribution in [-0.4, -0.2) is 37.2 Å². The Morgan fingerprint density at radius 3 is 2.95 bits per heavy atom. The number of anilines is 1. The quantitative estimate of drug-likeness (QED) is 0.792. The molecule has 0 aromatic carbocycles. The second-order valence-electron chi connectivity index (χ2n) is 4.21. The fourth-order valence-corrected chi connectivity index (χ4v) is 1.58. The minimum Gasteiger partial charge on any atom is -0.385 e. The number of pyridine rings is 1. The molecule has 106 valence electrons. The Labute approximate surface area is 112 Å². The summed E-state index contributed by atoms with van der Waals surface area (Å²) in [5, 5.41) is 5.50. The van der Waals surface area contributed by atoms with E-state index in [4.69, 9.17) is 4.74 Å². The first-order valence-corrected chi connectivity index (χ1v) is 6.28. The van der Waals surface area contributed by atoms with E-state index in [1.165, 1.54) is 12.3 Å². The molecule has 1 aromatic rings. The number of carbonyl (C=O) groups excluding carboxylic acids is 1. The van der Waals surface area contributed by atoms with Gasteiger partial charge in [-0.05, 0) is 26.3 Å². The van der Waals surface area contributed by atoms with Gasteiger partial charge < -0.3 is 15.4 Å². The van der Waals surface area contributed by atoms with Crippen molar-refractivity contribution in [3.63, 3.8) is 0 Å². The highest BCUT2D eigenvalue weighted by Crippen LogP contribution is 2.15. The van der Waals surface area contributed by atoms with Gasteiger partial charge in [0.2, 0.25) is 0 Å². The average molecular weight is 269 g/mol. The summed E-state index contributed by atoms with van der Waals surface area (Å²) in [6.07, 6.45) is 2.09. The topological polar surface area (TPSA) is 63.2 Å². The van der Waals surface area contributed by atoms with E-state index in [1.807, 2.05) is 13.8 Å². The Bertz CT molecular complexity index is 426. The van der Waals surface area contributed by atoms with Gasteiger partial charge in [-0.25, -0.2) is 9.37 Å². The van der Waals surface area contributed by atoms with Gasteiger partial charge >= 0.3 is 0 Å². The molecular formula is C13H20FN3O2. The average Bonchev–Trinajstić information content (AvgIpc) is 2.39. The number of aromatic nitrogens is 1. The van der Waals surface area contributed by atoms with Crippen molar-refractivity contribution in [3.05, 3.63) is 23.6 Å². The largest absolute Gasteiger partial charge is 0.385 e. The first-order chi connectivity index (χ1) is 9.10. The predicted octanol–water partition coefficient (Wildman–Crippen LogP) is 1.81. The zero-order valence-corrected chi connectivity index (χ0v) is 11.5. The molecule has 1 unspecified atom stereocenters. The number of amides is 1. The first-order valence-electron chi connectivity index (χ1n) is 6.28. The van der Waals surface area contributed by atoms with Crippen molar-refractivity contribution in [1.82, 2.24) is 10.3 Å². The lowest BCUT2D eigenvalue weighted by Crippen LogP contribution is -2.34. The fourth-order valence-electron chi connectivity index (χ4n) is 1.58. The summed E-state index contributed by atoms with van der Waals surface area (Å²) in [6.45, 7) is 4.77. The van der Waals surface area contributed by atoms with Crippen LogP contribution in [0.4, 0.5) is 10.2 Å². The minimum absolute atomic E-state index is 0.00443. The molecule has 1 heterocycles. The second kappa shape index (κ2) is 7.68. The molecule has 1 amide bonds. The van der Waals surface area contributed by atoms with Gasteiger partial charge in [0.15, 0.2) is 11.6 Å². The van der Waals surface area contributed by atoms with Crippen LogP contribution in [0, 0.1) is 5.82 Å². The normalized spacial score (nSPS) is 12.0. The van der Waals surface area contributed by atoms with Gasteiger partial charge in [0, 0.05) is 32.5 Å². The number of halogens is 1. The van der Waals surface area contributed by atoms with Crippen LogP contribution in [0.25, 0.3) is 0 Å². The molecule has 0 saturated carbocycles. The molecule has 1 rings (SSSR count). The van der Waals surface area contributed by atoms with Crippen LogP contribution in [0.15, 0.2) is 12.3 Å². The third kappa shape index (κ3) is 4.48. The number of rotatable bonds is 7. The van der Waals surface area contributed by atoms with Crippen LogP contribution in [-0.2, 0) is 4.74 Å². The summed E-state index contributed by atoms with van der Waals surface area (Å²) in [5.41, 5.74) is -0.00443. The van der Waals surface area contributed by atoms with Crippen molar-refractivity contribution < 1.29 is 13.9 Å². The van der Waals surface area contributed by atoms with Crippen LogP contribution in [0.1, 0.15) is 30.6 Å². The van der Waals surface area contributed by atoms with Crippen molar-refractivity contribution >= 4 is 11.7 Å². The summed E-state index contributed by atoms with van der Waals surface area (Å²) >= 11 is 0. The fraction of sp³-hybridized carbons (Fsp3) is 0.538. The maximum absolute atomic E-state index is 14.0. The molecule has 0 aliphatic heterocycles. The smallest absolute Gasteiger partial charge is 0.254 e.